The average Bonchev–Trinajstić information content (AvgIpc) is 2.97. The molecule has 2 aliphatic heterocycles. The minimum absolute atomic E-state index is 0.134. The Bertz CT molecular complexity index is 686. The van der Waals surface area contributed by atoms with Gasteiger partial charge in [0, 0.05) is 23.2 Å². The number of esters is 1. The van der Waals surface area contributed by atoms with E-state index in [-0.39, 0.29) is 24.9 Å². The van der Waals surface area contributed by atoms with Gasteiger partial charge in [-0.25, -0.2) is 0 Å². The second-order valence-corrected chi connectivity index (χ2v) is 7.22. The molecule has 2 heterocycles. The van der Waals surface area contributed by atoms with E-state index in [1.807, 2.05) is 0 Å². The summed E-state index contributed by atoms with van der Waals surface area (Å²) in [7, 11) is 0. The number of nitrogens with zero attached hydrogens (tertiary/aromatic N) is 1. The van der Waals surface area contributed by atoms with Crippen LogP contribution in [0.4, 0.5) is 5.69 Å². The van der Waals surface area contributed by atoms with Gasteiger partial charge in [0.2, 0.25) is 0 Å². The summed E-state index contributed by atoms with van der Waals surface area (Å²) < 4.78 is 10.7. The number of aliphatic hydroxyl groups excluding tert-OH is 4. The van der Waals surface area contributed by atoms with Gasteiger partial charge in [-0.05, 0) is 30.7 Å². The lowest BCUT2D eigenvalue weighted by Crippen LogP contribution is -2.63. The second kappa shape index (κ2) is 8.30. The van der Waals surface area contributed by atoms with Crippen LogP contribution >= 0.6 is 11.6 Å². The van der Waals surface area contributed by atoms with Gasteiger partial charge < -0.3 is 34.8 Å². The summed E-state index contributed by atoms with van der Waals surface area (Å²) in [5.41, 5.74) is 1.52. The highest BCUT2D eigenvalue weighted by Crippen LogP contribution is 2.42. The molecule has 2 aliphatic rings. The van der Waals surface area contributed by atoms with E-state index in [9.17, 15) is 25.2 Å². The molecule has 3 rings (SSSR count). The Kier molecular flexibility index (Phi) is 6.25. The third kappa shape index (κ3) is 3.91. The molecule has 0 aromatic heterocycles. The van der Waals surface area contributed by atoms with Crippen LogP contribution < -0.4 is 4.90 Å². The molecule has 0 bridgehead atoms. The molecule has 4 N–H and O–H groups in total. The molecule has 0 spiro atoms. The Balaban J connectivity index is 1.89. The second-order valence-electron chi connectivity index (χ2n) is 6.78. The molecule has 1 aromatic carbocycles. The van der Waals surface area contributed by atoms with Crippen LogP contribution in [0.25, 0.3) is 0 Å². The molecule has 0 saturated carbocycles. The number of aliphatic hydroxyl groups is 4. The number of hydrogen-bond donors (Lipinski definition) is 4. The molecular formula is C18H24ClNO7. The molecule has 0 radical (unpaired) electrons. The number of fused-ring (bicyclic) bond motifs is 1. The molecule has 1 saturated heterocycles. The van der Waals surface area contributed by atoms with Gasteiger partial charge in [-0.15, -0.1) is 0 Å². The maximum atomic E-state index is 12.0. The number of anilines is 1. The predicted molar refractivity (Wildman–Crippen MR) is 96.6 cm³/mol. The number of carbonyl (C=O) groups is 1. The topological polar surface area (TPSA) is 120 Å². The van der Waals surface area contributed by atoms with Crippen molar-refractivity contribution in [2.75, 3.05) is 24.7 Å². The maximum absolute atomic E-state index is 12.0. The highest BCUT2D eigenvalue weighted by Gasteiger charge is 2.48. The van der Waals surface area contributed by atoms with Gasteiger partial charge in [0.05, 0.1) is 19.6 Å². The minimum Gasteiger partial charge on any atom is -0.466 e. The molecule has 6 atom stereocenters. The third-order valence-electron chi connectivity index (χ3n) is 5.05. The van der Waals surface area contributed by atoms with E-state index >= 15 is 0 Å². The van der Waals surface area contributed by atoms with Gasteiger partial charge in [0.1, 0.15) is 24.4 Å². The zero-order valence-corrected chi connectivity index (χ0v) is 15.6. The summed E-state index contributed by atoms with van der Waals surface area (Å²) in [5.74, 6) is -0.575. The highest BCUT2D eigenvalue weighted by molar-refractivity contribution is 6.30. The van der Waals surface area contributed by atoms with Crippen LogP contribution in [-0.4, -0.2) is 76.8 Å². The van der Waals surface area contributed by atoms with Crippen molar-refractivity contribution in [1.29, 1.82) is 0 Å². The Hall–Kier alpha value is -1.42. The lowest BCUT2D eigenvalue weighted by atomic mass is 9.97. The van der Waals surface area contributed by atoms with Crippen LogP contribution in [0.5, 0.6) is 0 Å². The molecule has 27 heavy (non-hydrogen) atoms. The van der Waals surface area contributed by atoms with Gasteiger partial charge in [-0.2, -0.15) is 0 Å². The normalized spacial score (nSPS) is 33.0. The van der Waals surface area contributed by atoms with Crippen LogP contribution in [0.2, 0.25) is 5.02 Å². The Labute approximate surface area is 161 Å². The zero-order valence-electron chi connectivity index (χ0n) is 14.9. The van der Waals surface area contributed by atoms with Crippen molar-refractivity contribution in [2.24, 2.45) is 0 Å². The molecular weight excluding hydrogens is 378 g/mol. The summed E-state index contributed by atoms with van der Waals surface area (Å²) in [4.78, 5) is 13.7. The first-order valence-corrected chi connectivity index (χ1v) is 9.27. The van der Waals surface area contributed by atoms with Crippen molar-refractivity contribution in [2.45, 2.75) is 49.9 Å². The van der Waals surface area contributed by atoms with Gasteiger partial charge in [0.25, 0.3) is 0 Å². The number of carbonyl (C=O) groups excluding carboxylic acids is 1. The average molecular weight is 402 g/mol. The number of rotatable bonds is 5. The first kappa shape index (κ1) is 20.3. The van der Waals surface area contributed by atoms with E-state index in [1.165, 1.54) is 0 Å². The van der Waals surface area contributed by atoms with Crippen molar-refractivity contribution in [3.05, 3.63) is 28.8 Å². The first-order chi connectivity index (χ1) is 12.9. The Morgan fingerprint density at radius 2 is 2.04 bits per heavy atom. The summed E-state index contributed by atoms with van der Waals surface area (Å²) in [6.45, 7) is 1.84. The van der Waals surface area contributed by atoms with Gasteiger partial charge in [0.15, 0.2) is 6.23 Å². The van der Waals surface area contributed by atoms with Crippen molar-refractivity contribution >= 4 is 23.3 Å². The number of benzene rings is 1. The molecule has 0 aliphatic carbocycles. The van der Waals surface area contributed by atoms with Crippen LogP contribution in [-0.2, 0) is 14.3 Å². The molecule has 8 nitrogen and oxygen atoms in total. The standard InChI is InChI=1S/C18H24ClNO7/c1-2-26-14(22)5-9-7-20(12-4-3-10(19)6-11(9)12)18-17(25)16(24)15(23)13(8-21)27-18/h3-4,6,9,13,15-18,21,23-25H,2,5,7-8H2,1H3/t9?,13-,15-,16+,17-,18-/m1/s1. The Morgan fingerprint density at radius 3 is 2.70 bits per heavy atom. The van der Waals surface area contributed by atoms with Crippen molar-refractivity contribution in [1.82, 2.24) is 0 Å². The molecule has 9 heteroatoms. The minimum atomic E-state index is -1.47. The van der Waals surface area contributed by atoms with E-state index in [1.54, 1.807) is 30.0 Å². The summed E-state index contributed by atoms with van der Waals surface area (Å²) in [6, 6.07) is 5.19. The fourth-order valence-electron chi connectivity index (χ4n) is 3.72. The molecule has 1 aromatic rings. The summed E-state index contributed by atoms with van der Waals surface area (Å²) in [6.07, 6.45) is -6.16. The van der Waals surface area contributed by atoms with Crippen LogP contribution in [0.3, 0.4) is 0 Å². The largest absolute Gasteiger partial charge is 0.466 e. The fourth-order valence-corrected chi connectivity index (χ4v) is 3.90. The van der Waals surface area contributed by atoms with Crippen molar-refractivity contribution in [3.8, 4) is 0 Å². The number of ether oxygens (including phenoxy) is 2. The van der Waals surface area contributed by atoms with Crippen molar-refractivity contribution < 1.29 is 34.7 Å². The number of hydrogen-bond acceptors (Lipinski definition) is 8. The summed E-state index contributed by atoms with van der Waals surface area (Å²) in [5, 5.41) is 40.4. The molecule has 1 unspecified atom stereocenters. The van der Waals surface area contributed by atoms with Gasteiger partial charge in [-0.3, -0.25) is 4.79 Å². The van der Waals surface area contributed by atoms with E-state index < -0.39 is 37.3 Å². The first-order valence-electron chi connectivity index (χ1n) is 8.89. The van der Waals surface area contributed by atoms with Crippen LogP contribution in [0.15, 0.2) is 18.2 Å². The Morgan fingerprint density at radius 1 is 1.30 bits per heavy atom. The lowest BCUT2D eigenvalue weighted by Gasteiger charge is -2.44. The fraction of sp³-hybridized carbons (Fsp3) is 0.611. The number of halogens is 1. The molecule has 0 amide bonds. The third-order valence-corrected chi connectivity index (χ3v) is 5.28. The summed E-state index contributed by atoms with van der Waals surface area (Å²) >= 11 is 6.12. The van der Waals surface area contributed by atoms with Crippen LogP contribution in [0.1, 0.15) is 24.8 Å². The lowest BCUT2D eigenvalue weighted by molar-refractivity contribution is -0.228. The molecule has 150 valence electrons. The highest BCUT2D eigenvalue weighted by atomic mass is 35.5. The smallest absolute Gasteiger partial charge is 0.306 e. The molecule has 1 fully saturated rings. The monoisotopic (exact) mass is 401 g/mol. The van der Waals surface area contributed by atoms with Crippen LogP contribution in [0, 0.1) is 0 Å². The van der Waals surface area contributed by atoms with Crippen molar-refractivity contribution in [3.63, 3.8) is 0 Å². The van der Waals surface area contributed by atoms with E-state index in [0.29, 0.717) is 17.3 Å². The predicted octanol–water partition coefficient (Wildman–Crippen LogP) is -0.00330. The SMILES string of the molecule is CCOC(=O)CC1CN([C@@H]2O[C@H](CO)[C@@H](O)[C@H](O)[C@H]2O)c2ccc(Cl)cc21. The van der Waals surface area contributed by atoms with E-state index in [2.05, 4.69) is 0 Å². The zero-order chi connectivity index (χ0) is 19.7. The van der Waals surface area contributed by atoms with Gasteiger partial charge >= 0.3 is 5.97 Å². The van der Waals surface area contributed by atoms with E-state index in [4.69, 9.17) is 21.1 Å². The van der Waals surface area contributed by atoms with E-state index in [0.717, 1.165) is 5.56 Å². The maximum Gasteiger partial charge on any atom is 0.306 e. The van der Waals surface area contributed by atoms with Gasteiger partial charge in [-0.1, -0.05) is 11.6 Å². The quantitative estimate of drug-likeness (QED) is 0.509.